The Morgan fingerprint density at radius 3 is 3.00 bits per heavy atom. The summed E-state index contributed by atoms with van der Waals surface area (Å²) in [6.07, 6.45) is 2.73. The summed E-state index contributed by atoms with van der Waals surface area (Å²) in [5.41, 5.74) is 1.93. The van der Waals surface area contributed by atoms with Crippen molar-refractivity contribution in [2.45, 2.75) is 26.8 Å². The molecule has 0 N–H and O–H groups in total. The molecule has 86 valence electrons. The molecule has 4 heteroatoms. The monoisotopic (exact) mass is 219 g/mol. The maximum absolute atomic E-state index is 5.38. The average molecular weight is 219 g/mol. The van der Waals surface area contributed by atoms with E-state index in [0.29, 0.717) is 6.61 Å². The fourth-order valence-corrected chi connectivity index (χ4v) is 1.81. The molecule has 0 unspecified atom stereocenters. The zero-order valence-electron chi connectivity index (χ0n) is 9.81. The van der Waals surface area contributed by atoms with E-state index in [1.165, 1.54) is 0 Å². The van der Waals surface area contributed by atoms with E-state index in [0.717, 1.165) is 36.6 Å². The molecule has 0 aliphatic carbocycles. The molecule has 0 aliphatic rings. The molecular formula is C12H17N3O. The van der Waals surface area contributed by atoms with Crippen molar-refractivity contribution >= 4 is 11.2 Å². The molecule has 2 heterocycles. The summed E-state index contributed by atoms with van der Waals surface area (Å²) in [5, 5.41) is 0. The Hall–Kier alpha value is -1.42. The smallest absolute Gasteiger partial charge is 0.160 e. The van der Waals surface area contributed by atoms with E-state index >= 15 is 0 Å². The fourth-order valence-electron chi connectivity index (χ4n) is 1.81. The molecule has 0 aromatic carbocycles. The van der Waals surface area contributed by atoms with Gasteiger partial charge in [-0.05, 0) is 19.1 Å². The van der Waals surface area contributed by atoms with Gasteiger partial charge in [0, 0.05) is 25.8 Å². The number of fused-ring (bicyclic) bond motifs is 1. The van der Waals surface area contributed by atoms with Crippen LogP contribution in [0.2, 0.25) is 0 Å². The second-order valence-corrected chi connectivity index (χ2v) is 3.58. The first-order valence-corrected chi connectivity index (χ1v) is 5.74. The summed E-state index contributed by atoms with van der Waals surface area (Å²) in [6, 6.07) is 3.92. The van der Waals surface area contributed by atoms with Crippen molar-refractivity contribution in [1.82, 2.24) is 14.5 Å². The number of nitrogens with zero attached hydrogens (tertiary/aromatic N) is 3. The van der Waals surface area contributed by atoms with Crippen molar-refractivity contribution in [2.75, 3.05) is 13.2 Å². The number of ether oxygens (including phenoxy) is 1. The predicted molar refractivity (Wildman–Crippen MR) is 63.4 cm³/mol. The molecule has 0 saturated heterocycles. The van der Waals surface area contributed by atoms with Crippen molar-refractivity contribution in [3.8, 4) is 0 Å². The van der Waals surface area contributed by atoms with Gasteiger partial charge in [-0.3, -0.25) is 0 Å². The molecule has 0 radical (unpaired) electrons. The number of imidazole rings is 1. The molecule has 0 atom stereocenters. The molecule has 2 rings (SSSR count). The Morgan fingerprint density at radius 1 is 1.38 bits per heavy atom. The number of hydrogen-bond acceptors (Lipinski definition) is 3. The van der Waals surface area contributed by atoms with Crippen LogP contribution < -0.4 is 0 Å². The summed E-state index contributed by atoms with van der Waals surface area (Å²) in [4.78, 5) is 8.93. The summed E-state index contributed by atoms with van der Waals surface area (Å²) in [7, 11) is 0. The Bertz CT molecular complexity index is 464. The molecule has 0 spiro atoms. The lowest BCUT2D eigenvalue weighted by atomic mass is 10.4. The molecule has 2 aromatic rings. The van der Waals surface area contributed by atoms with Gasteiger partial charge < -0.3 is 9.30 Å². The third kappa shape index (κ3) is 2.07. The molecular weight excluding hydrogens is 202 g/mol. The minimum atomic E-state index is 0.714. The predicted octanol–water partition coefficient (Wildman–Crippen LogP) is 2.03. The lowest BCUT2D eigenvalue weighted by Gasteiger charge is -2.06. The highest BCUT2D eigenvalue weighted by Crippen LogP contribution is 2.13. The van der Waals surface area contributed by atoms with Crippen LogP contribution in [0.4, 0.5) is 0 Å². The third-order valence-electron chi connectivity index (χ3n) is 2.56. The Kier molecular flexibility index (Phi) is 3.51. The lowest BCUT2D eigenvalue weighted by Crippen LogP contribution is -2.09. The van der Waals surface area contributed by atoms with Crippen molar-refractivity contribution in [3.05, 3.63) is 24.2 Å². The van der Waals surface area contributed by atoms with Gasteiger partial charge in [0.05, 0.1) is 6.61 Å². The van der Waals surface area contributed by atoms with Crippen LogP contribution in [-0.4, -0.2) is 27.7 Å². The van der Waals surface area contributed by atoms with Crippen LogP contribution in [0.3, 0.4) is 0 Å². The highest BCUT2D eigenvalue weighted by Gasteiger charge is 2.09. The van der Waals surface area contributed by atoms with Crippen LogP contribution in [0.15, 0.2) is 18.3 Å². The van der Waals surface area contributed by atoms with Gasteiger partial charge in [-0.2, -0.15) is 0 Å². The summed E-state index contributed by atoms with van der Waals surface area (Å²) >= 11 is 0. The summed E-state index contributed by atoms with van der Waals surface area (Å²) in [6.45, 7) is 6.40. The van der Waals surface area contributed by atoms with E-state index in [9.17, 15) is 0 Å². The second kappa shape index (κ2) is 5.07. The van der Waals surface area contributed by atoms with Crippen LogP contribution >= 0.6 is 0 Å². The highest BCUT2D eigenvalue weighted by atomic mass is 16.5. The van der Waals surface area contributed by atoms with Gasteiger partial charge >= 0.3 is 0 Å². The minimum Gasteiger partial charge on any atom is -0.380 e. The van der Waals surface area contributed by atoms with E-state index in [-0.39, 0.29) is 0 Å². The van der Waals surface area contributed by atoms with Crippen molar-refractivity contribution < 1.29 is 4.74 Å². The molecule has 0 fully saturated rings. The largest absolute Gasteiger partial charge is 0.380 e. The van der Waals surface area contributed by atoms with Crippen molar-refractivity contribution in [3.63, 3.8) is 0 Å². The number of rotatable bonds is 5. The summed E-state index contributed by atoms with van der Waals surface area (Å²) < 4.78 is 7.52. The Balaban J connectivity index is 2.32. The van der Waals surface area contributed by atoms with Gasteiger partial charge in [0.15, 0.2) is 5.65 Å². The van der Waals surface area contributed by atoms with Crippen LogP contribution in [0.1, 0.15) is 19.7 Å². The van der Waals surface area contributed by atoms with E-state index in [1.54, 1.807) is 6.20 Å². The van der Waals surface area contributed by atoms with Crippen molar-refractivity contribution in [1.29, 1.82) is 0 Å². The van der Waals surface area contributed by atoms with Gasteiger partial charge in [0.25, 0.3) is 0 Å². The van der Waals surface area contributed by atoms with Gasteiger partial charge in [-0.15, -0.1) is 0 Å². The molecule has 16 heavy (non-hydrogen) atoms. The van der Waals surface area contributed by atoms with E-state index in [4.69, 9.17) is 4.74 Å². The van der Waals surface area contributed by atoms with Crippen LogP contribution in [-0.2, 0) is 17.7 Å². The average Bonchev–Trinajstić information content (AvgIpc) is 2.68. The lowest BCUT2D eigenvalue weighted by molar-refractivity contribution is 0.139. The summed E-state index contributed by atoms with van der Waals surface area (Å²) in [5.74, 6) is 1.08. The van der Waals surface area contributed by atoms with Crippen molar-refractivity contribution in [2.24, 2.45) is 0 Å². The standard InChI is InChI=1S/C12H17N3O/c1-3-11-14-10-6-5-7-13-12(10)15(11)8-9-16-4-2/h5-7H,3-4,8-9H2,1-2H3. The first kappa shape index (κ1) is 11.1. The zero-order chi connectivity index (χ0) is 11.4. The Labute approximate surface area is 95.3 Å². The van der Waals surface area contributed by atoms with Crippen LogP contribution in [0.25, 0.3) is 11.2 Å². The maximum atomic E-state index is 5.38. The first-order valence-electron chi connectivity index (χ1n) is 5.74. The first-order chi connectivity index (χ1) is 7.86. The van der Waals surface area contributed by atoms with E-state index < -0.39 is 0 Å². The molecule has 0 saturated carbocycles. The quantitative estimate of drug-likeness (QED) is 0.722. The minimum absolute atomic E-state index is 0.714. The molecule has 0 bridgehead atoms. The number of aromatic nitrogens is 3. The number of hydrogen-bond donors (Lipinski definition) is 0. The third-order valence-corrected chi connectivity index (χ3v) is 2.56. The molecule has 4 nitrogen and oxygen atoms in total. The van der Waals surface area contributed by atoms with Crippen LogP contribution in [0.5, 0.6) is 0 Å². The van der Waals surface area contributed by atoms with Crippen LogP contribution in [0, 0.1) is 0 Å². The molecule has 0 amide bonds. The number of aryl methyl sites for hydroxylation is 1. The van der Waals surface area contributed by atoms with Gasteiger partial charge in [0.1, 0.15) is 11.3 Å². The fraction of sp³-hybridized carbons (Fsp3) is 0.500. The maximum Gasteiger partial charge on any atom is 0.160 e. The van der Waals surface area contributed by atoms with E-state index in [1.807, 2.05) is 19.1 Å². The number of pyridine rings is 1. The molecule has 2 aromatic heterocycles. The highest BCUT2D eigenvalue weighted by molar-refractivity contribution is 5.71. The van der Waals surface area contributed by atoms with Gasteiger partial charge in [-0.25, -0.2) is 9.97 Å². The zero-order valence-corrected chi connectivity index (χ0v) is 9.81. The second-order valence-electron chi connectivity index (χ2n) is 3.58. The Morgan fingerprint density at radius 2 is 2.25 bits per heavy atom. The SMILES string of the molecule is CCOCCn1c(CC)nc2cccnc21. The molecule has 0 aliphatic heterocycles. The van der Waals surface area contributed by atoms with Gasteiger partial charge in [0.2, 0.25) is 0 Å². The topological polar surface area (TPSA) is 39.9 Å². The van der Waals surface area contributed by atoms with Gasteiger partial charge in [-0.1, -0.05) is 6.92 Å². The normalized spacial score (nSPS) is 11.1. The van der Waals surface area contributed by atoms with E-state index in [2.05, 4.69) is 21.5 Å².